The lowest BCUT2D eigenvalue weighted by Gasteiger charge is -2.05. The van der Waals surface area contributed by atoms with Crippen LogP contribution in [0, 0.1) is 6.42 Å². The summed E-state index contributed by atoms with van der Waals surface area (Å²) < 4.78 is 40.3. The number of methoxy groups -OCH3 is 1. The van der Waals surface area contributed by atoms with Crippen molar-refractivity contribution in [3.05, 3.63) is 36.2 Å². The third-order valence-electron chi connectivity index (χ3n) is 1.45. The average Bonchev–Trinajstić information content (AvgIpc) is 2.03. The van der Waals surface area contributed by atoms with E-state index in [2.05, 4.69) is 0 Å². The third-order valence-corrected chi connectivity index (χ3v) is 1.45. The Bertz CT molecular complexity index is 263. The molecule has 1 rings (SSSR count). The van der Waals surface area contributed by atoms with Gasteiger partial charge >= 0.3 is 6.18 Å². The Balaban J connectivity index is 2.70. The molecule has 0 unspecified atom stereocenters. The molecular weight excluding hydrogens is 181 g/mol. The summed E-state index contributed by atoms with van der Waals surface area (Å²) in [4.78, 5) is 0. The van der Waals surface area contributed by atoms with Crippen molar-refractivity contribution < 1.29 is 17.9 Å². The normalized spacial score (nSPS) is 11.4. The number of rotatable bonds is 2. The second-order valence-electron chi connectivity index (χ2n) is 2.46. The van der Waals surface area contributed by atoms with Crippen molar-refractivity contribution in [3.8, 4) is 5.75 Å². The van der Waals surface area contributed by atoms with Crippen molar-refractivity contribution in [3.63, 3.8) is 0 Å². The average molecular weight is 189 g/mol. The van der Waals surface area contributed by atoms with Gasteiger partial charge in [0.15, 0.2) is 0 Å². The summed E-state index contributed by atoms with van der Waals surface area (Å²) in [7, 11) is 1.46. The molecule has 0 atom stereocenters. The molecule has 0 bridgehead atoms. The van der Waals surface area contributed by atoms with E-state index in [1.807, 2.05) is 0 Å². The molecule has 0 saturated carbocycles. The highest BCUT2D eigenvalue weighted by atomic mass is 19.4. The van der Waals surface area contributed by atoms with Gasteiger partial charge in [-0.3, -0.25) is 0 Å². The van der Waals surface area contributed by atoms with E-state index in [9.17, 15) is 13.2 Å². The Morgan fingerprint density at radius 1 is 1.15 bits per heavy atom. The topological polar surface area (TPSA) is 9.23 Å². The molecule has 71 valence electrons. The molecule has 0 heterocycles. The smallest absolute Gasteiger partial charge is 0.396 e. The van der Waals surface area contributed by atoms with Crippen LogP contribution in [0.3, 0.4) is 0 Å². The molecule has 1 radical (unpaired) electrons. The van der Waals surface area contributed by atoms with Crippen molar-refractivity contribution in [2.75, 3.05) is 7.11 Å². The van der Waals surface area contributed by atoms with Crippen LogP contribution < -0.4 is 4.74 Å². The van der Waals surface area contributed by atoms with Gasteiger partial charge in [0.05, 0.1) is 13.5 Å². The monoisotopic (exact) mass is 189 g/mol. The molecule has 0 saturated heterocycles. The Labute approximate surface area is 74.1 Å². The summed E-state index contributed by atoms with van der Waals surface area (Å²) in [6.07, 6.45) is -4.03. The molecule has 1 nitrogen and oxygen atoms in total. The van der Waals surface area contributed by atoms with Crippen LogP contribution in [-0.4, -0.2) is 13.3 Å². The lowest BCUT2D eigenvalue weighted by Crippen LogP contribution is -2.08. The molecule has 0 N–H and O–H groups in total. The van der Waals surface area contributed by atoms with Crippen molar-refractivity contribution in [2.24, 2.45) is 0 Å². The molecule has 0 amide bonds. The first-order valence-corrected chi connectivity index (χ1v) is 3.58. The van der Waals surface area contributed by atoms with E-state index in [0.29, 0.717) is 5.75 Å². The zero-order chi connectivity index (χ0) is 9.90. The molecular formula is C9H8F3O. The van der Waals surface area contributed by atoms with Crippen molar-refractivity contribution in [1.82, 2.24) is 0 Å². The maximum absolute atomic E-state index is 11.8. The molecule has 1 aromatic carbocycles. The van der Waals surface area contributed by atoms with Crippen LogP contribution in [0.1, 0.15) is 5.56 Å². The fourth-order valence-electron chi connectivity index (χ4n) is 0.889. The SMILES string of the molecule is COc1ccc([CH]C(F)(F)F)cc1. The van der Waals surface area contributed by atoms with Crippen molar-refractivity contribution >= 4 is 0 Å². The Morgan fingerprint density at radius 3 is 2.08 bits per heavy atom. The van der Waals surface area contributed by atoms with E-state index < -0.39 is 6.18 Å². The van der Waals surface area contributed by atoms with Crippen LogP contribution in [-0.2, 0) is 0 Å². The number of benzene rings is 1. The van der Waals surface area contributed by atoms with Gasteiger partial charge in [-0.1, -0.05) is 12.1 Å². The Morgan fingerprint density at radius 2 is 1.69 bits per heavy atom. The predicted molar refractivity (Wildman–Crippen MR) is 42.5 cm³/mol. The summed E-state index contributed by atoms with van der Waals surface area (Å²) in [6, 6.07) is 5.67. The van der Waals surface area contributed by atoms with Gasteiger partial charge in [-0.15, -0.1) is 0 Å². The fourth-order valence-corrected chi connectivity index (χ4v) is 0.889. The molecule has 13 heavy (non-hydrogen) atoms. The van der Waals surface area contributed by atoms with Crippen LogP contribution in [0.15, 0.2) is 24.3 Å². The molecule has 0 fully saturated rings. The minimum atomic E-state index is -4.27. The zero-order valence-corrected chi connectivity index (χ0v) is 6.93. The van der Waals surface area contributed by atoms with Gasteiger partial charge in [0.1, 0.15) is 5.75 Å². The highest BCUT2D eigenvalue weighted by Crippen LogP contribution is 2.24. The van der Waals surface area contributed by atoms with Crippen LogP contribution in [0.2, 0.25) is 0 Å². The molecule has 0 spiro atoms. The van der Waals surface area contributed by atoms with Crippen molar-refractivity contribution in [1.29, 1.82) is 0 Å². The van der Waals surface area contributed by atoms with Gasteiger partial charge in [0.2, 0.25) is 0 Å². The number of ether oxygens (including phenoxy) is 1. The molecule has 1 aromatic rings. The maximum atomic E-state index is 11.8. The molecule has 0 aliphatic carbocycles. The quantitative estimate of drug-likeness (QED) is 0.695. The highest BCUT2D eigenvalue weighted by Gasteiger charge is 2.27. The van der Waals surface area contributed by atoms with Gasteiger partial charge in [0.25, 0.3) is 0 Å². The fraction of sp³-hybridized carbons (Fsp3) is 0.222. The molecule has 0 aliphatic heterocycles. The highest BCUT2D eigenvalue weighted by molar-refractivity contribution is 5.31. The molecule has 4 heteroatoms. The van der Waals surface area contributed by atoms with Crippen LogP contribution >= 0.6 is 0 Å². The number of halogens is 3. The summed E-state index contributed by atoms with van der Waals surface area (Å²) in [5.41, 5.74) is 0.119. The van der Waals surface area contributed by atoms with E-state index in [1.165, 1.54) is 31.4 Å². The van der Waals surface area contributed by atoms with E-state index in [1.54, 1.807) is 0 Å². The lowest BCUT2D eigenvalue weighted by molar-refractivity contribution is -0.0927. The number of alkyl halides is 3. The second kappa shape index (κ2) is 3.68. The van der Waals surface area contributed by atoms with Gasteiger partial charge in [-0.2, -0.15) is 13.2 Å². The summed E-state index contributed by atoms with van der Waals surface area (Å²) in [5, 5.41) is 0. The van der Waals surface area contributed by atoms with E-state index in [0.717, 1.165) is 0 Å². The summed E-state index contributed by atoms with van der Waals surface area (Å²) in [6.45, 7) is 0. The van der Waals surface area contributed by atoms with Crippen molar-refractivity contribution in [2.45, 2.75) is 6.18 Å². The Kier molecular flexibility index (Phi) is 2.80. The minimum Gasteiger partial charge on any atom is -0.497 e. The largest absolute Gasteiger partial charge is 0.497 e. The standard InChI is InChI=1S/C9H8F3O/c1-13-8-4-2-7(3-5-8)6-9(10,11)12/h2-6H,1H3. The third kappa shape index (κ3) is 3.36. The first-order valence-electron chi connectivity index (χ1n) is 3.58. The van der Waals surface area contributed by atoms with Crippen LogP contribution in [0.25, 0.3) is 0 Å². The van der Waals surface area contributed by atoms with E-state index >= 15 is 0 Å². The van der Waals surface area contributed by atoms with Crippen LogP contribution in [0.4, 0.5) is 13.2 Å². The lowest BCUT2D eigenvalue weighted by atomic mass is 10.1. The number of hydrogen-bond donors (Lipinski definition) is 0. The zero-order valence-electron chi connectivity index (χ0n) is 6.93. The predicted octanol–water partition coefficient (Wildman–Crippen LogP) is 2.81. The molecule has 0 aliphatic rings. The first-order chi connectivity index (χ1) is 6.01. The summed E-state index contributed by atoms with van der Waals surface area (Å²) in [5.74, 6) is 0.541. The van der Waals surface area contributed by atoms with Gasteiger partial charge in [0, 0.05) is 0 Å². The summed E-state index contributed by atoms with van der Waals surface area (Å²) >= 11 is 0. The maximum Gasteiger partial charge on any atom is 0.396 e. The number of hydrogen-bond acceptors (Lipinski definition) is 1. The first kappa shape index (κ1) is 9.89. The van der Waals surface area contributed by atoms with E-state index in [-0.39, 0.29) is 12.0 Å². The minimum absolute atomic E-state index is 0.119. The Hall–Kier alpha value is -1.19. The second-order valence-corrected chi connectivity index (χ2v) is 2.46. The van der Waals surface area contributed by atoms with Crippen LogP contribution in [0.5, 0.6) is 5.75 Å². The molecule has 0 aromatic heterocycles. The van der Waals surface area contributed by atoms with Gasteiger partial charge in [-0.05, 0) is 17.7 Å². The van der Waals surface area contributed by atoms with Gasteiger partial charge in [-0.25, -0.2) is 0 Å². The van der Waals surface area contributed by atoms with Gasteiger partial charge < -0.3 is 4.74 Å². The van der Waals surface area contributed by atoms with E-state index in [4.69, 9.17) is 4.74 Å².